The van der Waals surface area contributed by atoms with Crippen LogP contribution in [0.2, 0.25) is 0 Å². The van der Waals surface area contributed by atoms with Crippen molar-refractivity contribution in [2.24, 2.45) is 0 Å². The number of amides is 2. The highest BCUT2D eigenvalue weighted by Gasteiger charge is 2.12. The summed E-state index contributed by atoms with van der Waals surface area (Å²) in [7, 11) is 1.60. The number of nitrogens with zero attached hydrogens (tertiary/aromatic N) is 1. The number of hydrogen-bond acceptors (Lipinski definition) is 7. The normalized spacial score (nSPS) is 10.4. The lowest BCUT2D eigenvalue weighted by molar-refractivity contribution is -0.129. The number of hydroxylamine groups is 2. The number of ether oxygens (including phenoxy) is 1. The average molecular weight is 379 g/mol. The van der Waals surface area contributed by atoms with Crippen LogP contribution in [0.15, 0.2) is 29.6 Å². The maximum atomic E-state index is 12.0. The average Bonchev–Trinajstić information content (AvgIpc) is 3.17. The van der Waals surface area contributed by atoms with E-state index >= 15 is 0 Å². The van der Waals surface area contributed by atoms with Gasteiger partial charge in [-0.3, -0.25) is 19.6 Å². The number of rotatable bonds is 10. The van der Waals surface area contributed by atoms with Crippen molar-refractivity contribution >= 4 is 23.2 Å². The van der Waals surface area contributed by atoms with Crippen molar-refractivity contribution in [3.05, 3.63) is 34.7 Å². The summed E-state index contributed by atoms with van der Waals surface area (Å²) in [6, 6.07) is 7.43. The van der Waals surface area contributed by atoms with E-state index in [4.69, 9.17) is 14.8 Å². The topological polar surface area (TPSA) is 110 Å². The molecule has 0 aliphatic carbocycles. The van der Waals surface area contributed by atoms with Crippen LogP contribution in [0.1, 0.15) is 35.5 Å². The van der Waals surface area contributed by atoms with Crippen LogP contribution in [0, 0.1) is 0 Å². The third kappa shape index (κ3) is 6.10. The number of thiazole rings is 1. The highest BCUT2D eigenvalue weighted by Crippen LogP contribution is 2.24. The zero-order chi connectivity index (χ0) is 18.8. The number of nitrogens with one attached hydrogen (secondary N) is 2. The Labute approximate surface area is 155 Å². The summed E-state index contributed by atoms with van der Waals surface area (Å²) in [4.78, 5) is 32.3. The molecule has 0 saturated heterocycles. The lowest BCUT2D eigenvalue weighted by Gasteiger charge is -2.04. The molecule has 8 nitrogen and oxygen atoms in total. The van der Waals surface area contributed by atoms with E-state index in [1.807, 2.05) is 29.6 Å². The van der Waals surface area contributed by atoms with Gasteiger partial charge in [0.05, 0.1) is 19.4 Å². The minimum Gasteiger partial charge on any atom is -0.497 e. The number of aromatic nitrogens is 1. The lowest BCUT2D eigenvalue weighted by Crippen LogP contribution is -2.24. The smallest absolute Gasteiger partial charge is 0.303 e. The second-order valence-corrected chi connectivity index (χ2v) is 6.25. The molecule has 2 amide bonds. The van der Waals surface area contributed by atoms with Crippen LogP contribution in [0.4, 0.5) is 0 Å². The largest absolute Gasteiger partial charge is 0.497 e. The number of carbonyl (C=O) groups excluding carboxylic acids is 2. The van der Waals surface area contributed by atoms with Gasteiger partial charge in [0.15, 0.2) is 5.01 Å². The van der Waals surface area contributed by atoms with Gasteiger partial charge in [0, 0.05) is 17.4 Å². The monoisotopic (exact) mass is 379 g/mol. The van der Waals surface area contributed by atoms with Crippen molar-refractivity contribution in [3.8, 4) is 17.0 Å². The molecule has 2 rings (SSSR count). The Morgan fingerprint density at radius 2 is 1.96 bits per heavy atom. The van der Waals surface area contributed by atoms with Gasteiger partial charge in [-0.05, 0) is 37.1 Å². The maximum absolute atomic E-state index is 12.0. The van der Waals surface area contributed by atoms with Gasteiger partial charge in [-0.15, -0.1) is 11.3 Å². The second kappa shape index (κ2) is 10.5. The molecule has 3 N–H and O–H groups in total. The van der Waals surface area contributed by atoms with E-state index in [-0.39, 0.29) is 6.42 Å². The summed E-state index contributed by atoms with van der Waals surface area (Å²) in [6.45, 7) is 0.337. The van der Waals surface area contributed by atoms with Crippen molar-refractivity contribution < 1.29 is 24.4 Å². The number of hydrogen-bond donors (Lipinski definition) is 3. The van der Waals surface area contributed by atoms with Gasteiger partial charge in [0.1, 0.15) is 5.75 Å². The Hall–Kier alpha value is -2.49. The quantitative estimate of drug-likeness (QED) is 0.332. The fourth-order valence-electron chi connectivity index (χ4n) is 2.13. The zero-order valence-corrected chi connectivity index (χ0v) is 15.2. The molecule has 1 heterocycles. The Morgan fingerprint density at radius 1 is 1.19 bits per heavy atom. The van der Waals surface area contributed by atoms with Crippen LogP contribution in [0.3, 0.4) is 0 Å². The van der Waals surface area contributed by atoms with Gasteiger partial charge in [0.25, 0.3) is 0 Å². The van der Waals surface area contributed by atoms with Crippen molar-refractivity contribution in [1.82, 2.24) is 15.9 Å². The summed E-state index contributed by atoms with van der Waals surface area (Å²) in [5.74, 6) is -0.0441. The van der Waals surface area contributed by atoms with Gasteiger partial charge in [-0.25, -0.2) is 15.9 Å². The highest BCUT2D eigenvalue weighted by molar-refractivity contribution is 7.12. The van der Waals surface area contributed by atoms with Crippen LogP contribution >= 0.6 is 11.3 Å². The molecular formula is C17H21N3O5S. The van der Waals surface area contributed by atoms with Crippen molar-refractivity contribution in [1.29, 1.82) is 0 Å². The molecule has 140 valence electrons. The van der Waals surface area contributed by atoms with E-state index in [2.05, 4.69) is 10.5 Å². The third-order valence-corrected chi connectivity index (χ3v) is 4.37. The highest BCUT2D eigenvalue weighted by atomic mass is 32.1. The van der Waals surface area contributed by atoms with Crippen LogP contribution in [0.25, 0.3) is 11.3 Å². The molecule has 0 aliphatic heterocycles. The van der Waals surface area contributed by atoms with Crippen LogP contribution in [-0.2, 0) is 9.63 Å². The van der Waals surface area contributed by atoms with Gasteiger partial charge in [-0.2, -0.15) is 0 Å². The maximum Gasteiger partial charge on any atom is 0.303 e. The Morgan fingerprint density at radius 3 is 2.65 bits per heavy atom. The minimum atomic E-state index is -0.407. The first-order valence-corrected chi connectivity index (χ1v) is 8.97. The first kappa shape index (κ1) is 19.8. The summed E-state index contributed by atoms with van der Waals surface area (Å²) in [5.41, 5.74) is 5.55. The third-order valence-electron chi connectivity index (χ3n) is 3.52. The molecule has 1 aromatic heterocycles. The molecule has 1 aromatic carbocycles. The number of unbranched alkanes of at least 4 members (excludes halogenated alkanes) is 2. The molecule has 26 heavy (non-hydrogen) atoms. The molecule has 9 heteroatoms. The van der Waals surface area contributed by atoms with Crippen molar-refractivity contribution in [2.75, 3.05) is 13.7 Å². The standard InChI is InChI=1S/C17H21N3O5S/c1-24-13-8-6-12(7-9-13)14-11-26-17(18-14)16(22)20-25-10-4-2-3-5-15(21)19-23/h6-9,11,23H,2-5,10H2,1H3,(H,19,21)(H,20,22). The van der Waals surface area contributed by atoms with Crippen LogP contribution in [-0.4, -0.2) is 35.7 Å². The number of methoxy groups -OCH3 is 1. The Balaban J connectivity index is 1.71. The molecule has 0 saturated carbocycles. The SMILES string of the molecule is COc1ccc(-c2csc(C(=O)NOCCCCCC(=O)NO)n2)cc1. The molecule has 2 aromatic rings. The van der Waals surface area contributed by atoms with E-state index in [0.29, 0.717) is 30.2 Å². The van der Waals surface area contributed by atoms with Gasteiger partial charge in [0.2, 0.25) is 5.91 Å². The molecule has 0 bridgehead atoms. The van der Waals surface area contributed by atoms with E-state index < -0.39 is 11.8 Å². The summed E-state index contributed by atoms with van der Waals surface area (Å²) in [5, 5.41) is 10.5. The molecule has 0 radical (unpaired) electrons. The molecule has 0 unspecified atom stereocenters. The Kier molecular flexibility index (Phi) is 8.00. The molecular weight excluding hydrogens is 358 g/mol. The molecule has 0 spiro atoms. The minimum absolute atomic E-state index is 0.260. The second-order valence-electron chi connectivity index (χ2n) is 5.39. The van der Waals surface area contributed by atoms with E-state index in [0.717, 1.165) is 17.7 Å². The van der Waals surface area contributed by atoms with Crippen molar-refractivity contribution in [2.45, 2.75) is 25.7 Å². The molecule has 0 aliphatic rings. The van der Waals surface area contributed by atoms with Crippen LogP contribution < -0.4 is 15.7 Å². The van der Waals surface area contributed by atoms with Gasteiger partial charge in [-0.1, -0.05) is 6.42 Å². The first-order chi connectivity index (χ1) is 12.6. The fraction of sp³-hybridized carbons (Fsp3) is 0.353. The summed E-state index contributed by atoms with van der Waals surface area (Å²) in [6.07, 6.45) is 2.34. The fourth-order valence-corrected chi connectivity index (χ4v) is 2.84. The first-order valence-electron chi connectivity index (χ1n) is 8.09. The summed E-state index contributed by atoms with van der Waals surface area (Å²) < 4.78 is 5.12. The predicted octanol–water partition coefficient (Wildman–Crippen LogP) is 2.55. The van der Waals surface area contributed by atoms with Crippen LogP contribution in [0.5, 0.6) is 5.75 Å². The van der Waals surface area contributed by atoms with Gasteiger partial charge < -0.3 is 4.74 Å². The van der Waals surface area contributed by atoms with E-state index in [1.54, 1.807) is 12.6 Å². The van der Waals surface area contributed by atoms with E-state index in [9.17, 15) is 9.59 Å². The van der Waals surface area contributed by atoms with Gasteiger partial charge >= 0.3 is 5.91 Å². The predicted molar refractivity (Wildman–Crippen MR) is 95.9 cm³/mol. The zero-order valence-electron chi connectivity index (χ0n) is 14.4. The lowest BCUT2D eigenvalue weighted by atomic mass is 10.2. The van der Waals surface area contributed by atoms with Crippen molar-refractivity contribution in [3.63, 3.8) is 0 Å². The Bertz CT molecular complexity index is 717. The number of benzene rings is 1. The number of carbonyl (C=O) groups is 2. The van der Waals surface area contributed by atoms with E-state index in [1.165, 1.54) is 11.3 Å². The summed E-state index contributed by atoms with van der Waals surface area (Å²) >= 11 is 1.24. The molecule has 0 atom stereocenters. The molecule has 0 fully saturated rings.